The van der Waals surface area contributed by atoms with Crippen molar-refractivity contribution in [3.05, 3.63) is 53.2 Å². The van der Waals surface area contributed by atoms with E-state index in [1.54, 1.807) is 4.90 Å². The standard InChI is InChI=1S/C20H19ClF3N3O3S/c21-16-10-14(20(22,23)24)11-25-19(16)27-8-6-26(7-9-27)17(28)12-30-18(29)13-31-15-4-2-1-3-5-15/h1-5,10-11H,6-9,12-13H2. The van der Waals surface area contributed by atoms with Gasteiger partial charge in [-0.3, -0.25) is 9.59 Å². The van der Waals surface area contributed by atoms with E-state index in [4.69, 9.17) is 16.3 Å². The van der Waals surface area contributed by atoms with Gasteiger partial charge in [-0.2, -0.15) is 13.2 Å². The molecule has 0 aliphatic carbocycles. The smallest absolute Gasteiger partial charge is 0.417 e. The quantitative estimate of drug-likeness (QED) is 0.470. The number of nitrogens with zero attached hydrogens (tertiary/aromatic N) is 3. The van der Waals surface area contributed by atoms with Gasteiger partial charge in [0, 0.05) is 37.3 Å². The number of anilines is 1. The van der Waals surface area contributed by atoms with E-state index >= 15 is 0 Å². The lowest BCUT2D eigenvalue weighted by atomic mass is 10.2. The van der Waals surface area contributed by atoms with Crippen molar-refractivity contribution in [2.75, 3.05) is 43.4 Å². The molecule has 0 radical (unpaired) electrons. The number of rotatable bonds is 6. The summed E-state index contributed by atoms with van der Waals surface area (Å²) in [5, 5.41) is -0.0977. The summed E-state index contributed by atoms with van der Waals surface area (Å²) in [5.41, 5.74) is -0.915. The summed E-state index contributed by atoms with van der Waals surface area (Å²) in [5.74, 6) is -0.472. The molecule has 0 spiro atoms. The Morgan fingerprint density at radius 3 is 2.42 bits per heavy atom. The summed E-state index contributed by atoms with van der Waals surface area (Å²) >= 11 is 7.30. The number of ether oxygens (including phenoxy) is 1. The number of pyridine rings is 1. The van der Waals surface area contributed by atoms with Gasteiger partial charge in [0.15, 0.2) is 6.61 Å². The minimum atomic E-state index is -4.52. The van der Waals surface area contributed by atoms with Gasteiger partial charge in [0.05, 0.1) is 16.3 Å². The van der Waals surface area contributed by atoms with Gasteiger partial charge in [-0.25, -0.2) is 4.98 Å². The SMILES string of the molecule is O=C(CSc1ccccc1)OCC(=O)N1CCN(c2ncc(C(F)(F)F)cc2Cl)CC1. The number of esters is 1. The van der Waals surface area contributed by atoms with Crippen molar-refractivity contribution >= 4 is 41.1 Å². The number of amides is 1. The van der Waals surface area contributed by atoms with Crippen molar-refractivity contribution in [1.29, 1.82) is 0 Å². The van der Waals surface area contributed by atoms with Crippen LogP contribution in [0.4, 0.5) is 19.0 Å². The van der Waals surface area contributed by atoms with Crippen molar-refractivity contribution < 1.29 is 27.5 Å². The highest BCUT2D eigenvalue weighted by atomic mass is 35.5. The number of hydrogen-bond donors (Lipinski definition) is 0. The molecule has 0 unspecified atom stereocenters. The lowest BCUT2D eigenvalue weighted by molar-refractivity contribution is -0.150. The minimum Gasteiger partial charge on any atom is -0.455 e. The molecule has 1 aliphatic rings. The van der Waals surface area contributed by atoms with E-state index in [2.05, 4.69) is 4.98 Å². The van der Waals surface area contributed by atoms with E-state index in [1.165, 1.54) is 16.7 Å². The molecule has 2 heterocycles. The Bertz CT molecular complexity index is 923. The predicted octanol–water partition coefficient (Wildman–Crippen LogP) is 3.74. The predicted molar refractivity (Wildman–Crippen MR) is 111 cm³/mol. The average Bonchev–Trinajstić information content (AvgIpc) is 2.76. The van der Waals surface area contributed by atoms with Crippen LogP contribution in [0, 0.1) is 0 Å². The van der Waals surface area contributed by atoms with Crippen LogP contribution in [0.1, 0.15) is 5.56 Å². The average molecular weight is 474 g/mol. The van der Waals surface area contributed by atoms with E-state index < -0.39 is 17.7 Å². The normalized spacial score (nSPS) is 14.5. The number of alkyl halides is 3. The van der Waals surface area contributed by atoms with E-state index in [0.717, 1.165) is 17.2 Å². The third kappa shape index (κ3) is 6.51. The monoisotopic (exact) mass is 473 g/mol. The molecule has 166 valence electrons. The Kier molecular flexibility index (Phi) is 7.66. The van der Waals surface area contributed by atoms with Crippen molar-refractivity contribution in [3.63, 3.8) is 0 Å². The molecule has 1 aromatic carbocycles. The highest BCUT2D eigenvalue weighted by molar-refractivity contribution is 8.00. The molecule has 3 rings (SSSR count). The molecular weight excluding hydrogens is 455 g/mol. The van der Waals surface area contributed by atoms with Crippen LogP contribution >= 0.6 is 23.4 Å². The van der Waals surface area contributed by atoms with Crippen molar-refractivity contribution in [2.24, 2.45) is 0 Å². The number of carbonyl (C=O) groups excluding carboxylic acids is 2. The summed E-state index contributed by atoms with van der Waals surface area (Å²) < 4.78 is 43.3. The second-order valence-electron chi connectivity index (χ2n) is 6.66. The Hall–Kier alpha value is -2.46. The summed E-state index contributed by atoms with van der Waals surface area (Å²) in [6.45, 7) is 0.971. The second-order valence-corrected chi connectivity index (χ2v) is 8.11. The number of halogens is 4. The van der Waals surface area contributed by atoms with Crippen LogP contribution in [0.15, 0.2) is 47.5 Å². The maximum Gasteiger partial charge on any atom is 0.417 e. The zero-order chi connectivity index (χ0) is 22.4. The molecule has 0 bridgehead atoms. The molecule has 1 aromatic heterocycles. The van der Waals surface area contributed by atoms with Gasteiger partial charge in [0.1, 0.15) is 5.82 Å². The summed E-state index contributed by atoms with van der Waals surface area (Å²) in [7, 11) is 0. The molecule has 2 aromatic rings. The van der Waals surface area contributed by atoms with Crippen LogP contribution in [-0.2, 0) is 20.5 Å². The Morgan fingerprint density at radius 2 is 1.81 bits per heavy atom. The number of piperazine rings is 1. The summed E-state index contributed by atoms with van der Waals surface area (Å²) in [6, 6.07) is 10.2. The van der Waals surface area contributed by atoms with Crippen LogP contribution in [-0.4, -0.2) is 60.3 Å². The molecule has 1 amide bonds. The van der Waals surface area contributed by atoms with Crippen LogP contribution < -0.4 is 4.90 Å². The first-order valence-electron chi connectivity index (χ1n) is 9.33. The number of benzene rings is 1. The highest BCUT2D eigenvalue weighted by Crippen LogP contribution is 2.33. The Morgan fingerprint density at radius 1 is 1.13 bits per heavy atom. The van der Waals surface area contributed by atoms with E-state index in [0.29, 0.717) is 26.2 Å². The molecule has 1 aliphatic heterocycles. The highest BCUT2D eigenvalue weighted by Gasteiger charge is 2.32. The number of aromatic nitrogens is 1. The third-order valence-electron chi connectivity index (χ3n) is 4.54. The minimum absolute atomic E-state index is 0.0977. The van der Waals surface area contributed by atoms with Crippen LogP contribution in [0.2, 0.25) is 5.02 Å². The number of carbonyl (C=O) groups is 2. The number of hydrogen-bond acceptors (Lipinski definition) is 6. The molecule has 1 saturated heterocycles. The second kappa shape index (κ2) is 10.2. The fraction of sp³-hybridized carbons (Fsp3) is 0.350. The third-order valence-corrected chi connectivity index (χ3v) is 5.80. The lowest BCUT2D eigenvalue weighted by Gasteiger charge is -2.35. The van der Waals surface area contributed by atoms with Crippen LogP contribution in [0.25, 0.3) is 0 Å². The first kappa shape index (κ1) is 23.2. The van der Waals surface area contributed by atoms with Crippen molar-refractivity contribution in [2.45, 2.75) is 11.1 Å². The maximum absolute atomic E-state index is 12.8. The first-order valence-corrected chi connectivity index (χ1v) is 10.7. The van der Waals surface area contributed by atoms with Gasteiger partial charge in [-0.1, -0.05) is 29.8 Å². The van der Waals surface area contributed by atoms with Crippen molar-refractivity contribution in [1.82, 2.24) is 9.88 Å². The van der Waals surface area contributed by atoms with Crippen LogP contribution in [0.3, 0.4) is 0 Å². The molecule has 0 N–H and O–H groups in total. The Labute approximate surface area is 186 Å². The van der Waals surface area contributed by atoms with Crippen molar-refractivity contribution in [3.8, 4) is 0 Å². The van der Waals surface area contributed by atoms with Gasteiger partial charge in [0.25, 0.3) is 5.91 Å². The maximum atomic E-state index is 12.8. The molecule has 1 fully saturated rings. The largest absolute Gasteiger partial charge is 0.455 e. The zero-order valence-corrected chi connectivity index (χ0v) is 17.8. The molecular formula is C20H19ClF3N3O3S. The van der Waals surface area contributed by atoms with Gasteiger partial charge in [-0.15, -0.1) is 11.8 Å². The molecule has 0 saturated carbocycles. The van der Waals surface area contributed by atoms with Gasteiger partial charge in [-0.05, 0) is 18.2 Å². The van der Waals surface area contributed by atoms with E-state index in [9.17, 15) is 22.8 Å². The molecule has 6 nitrogen and oxygen atoms in total. The lowest BCUT2D eigenvalue weighted by Crippen LogP contribution is -2.50. The van der Waals surface area contributed by atoms with Gasteiger partial charge in [0.2, 0.25) is 0 Å². The molecule has 11 heteroatoms. The fourth-order valence-corrected chi connectivity index (χ4v) is 3.92. The first-order chi connectivity index (χ1) is 14.7. The van der Waals surface area contributed by atoms with Gasteiger partial charge < -0.3 is 14.5 Å². The molecule has 0 atom stereocenters. The van der Waals surface area contributed by atoms with E-state index in [1.807, 2.05) is 30.3 Å². The number of thioether (sulfide) groups is 1. The Balaban J connectivity index is 1.44. The van der Waals surface area contributed by atoms with Gasteiger partial charge >= 0.3 is 12.1 Å². The fourth-order valence-electron chi connectivity index (χ4n) is 2.92. The summed E-state index contributed by atoms with van der Waals surface area (Å²) in [6.07, 6.45) is -3.77. The topological polar surface area (TPSA) is 62.7 Å². The zero-order valence-electron chi connectivity index (χ0n) is 16.3. The summed E-state index contributed by atoms with van der Waals surface area (Å²) in [4.78, 5) is 32.2. The molecule has 31 heavy (non-hydrogen) atoms. The van der Waals surface area contributed by atoms with E-state index in [-0.39, 0.29) is 29.1 Å². The van der Waals surface area contributed by atoms with Crippen LogP contribution in [0.5, 0.6) is 0 Å².